The van der Waals surface area contributed by atoms with Gasteiger partial charge in [-0.1, -0.05) is 35.9 Å². The average Bonchev–Trinajstić information content (AvgIpc) is 3.00. The van der Waals surface area contributed by atoms with Crippen LogP contribution in [0.25, 0.3) is 10.8 Å². The topological polar surface area (TPSA) is 60.2 Å². The van der Waals surface area contributed by atoms with E-state index in [4.69, 9.17) is 11.6 Å². The van der Waals surface area contributed by atoms with Gasteiger partial charge in [0.05, 0.1) is 29.5 Å². The van der Waals surface area contributed by atoms with Crippen LogP contribution in [0.2, 0.25) is 5.02 Å². The second-order valence-electron chi connectivity index (χ2n) is 5.89. The minimum absolute atomic E-state index is 0.0749. The summed E-state index contributed by atoms with van der Waals surface area (Å²) in [5.74, 6) is -0.561. The van der Waals surface area contributed by atoms with Gasteiger partial charge >= 0.3 is 6.03 Å². The lowest BCUT2D eigenvalue weighted by Gasteiger charge is -2.21. The van der Waals surface area contributed by atoms with E-state index in [1.165, 1.54) is 28.0 Å². The summed E-state index contributed by atoms with van der Waals surface area (Å²) in [6, 6.07) is 12.7. The lowest BCUT2D eigenvalue weighted by molar-refractivity contribution is 0.255. The summed E-state index contributed by atoms with van der Waals surface area (Å²) >= 11 is 5.84. The maximum atomic E-state index is 13.4. The van der Waals surface area contributed by atoms with Crippen molar-refractivity contribution < 1.29 is 9.18 Å². The Labute approximate surface area is 153 Å². The summed E-state index contributed by atoms with van der Waals surface area (Å²) in [5.41, 5.74) is 1.01. The molecule has 1 saturated heterocycles. The number of fused-ring (bicyclic) bond motifs is 1. The van der Waals surface area contributed by atoms with Gasteiger partial charge in [-0.2, -0.15) is 5.26 Å². The van der Waals surface area contributed by atoms with Gasteiger partial charge < -0.3 is 0 Å². The molecule has 0 saturated carbocycles. The fourth-order valence-electron chi connectivity index (χ4n) is 3.13. The van der Waals surface area contributed by atoms with Crippen molar-refractivity contribution in [2.24, 2.45) is 0 Å². The van der Waals surface area contributed by atoms with E-state index in [0.717, 1.165) is 10.8 Å². The number of hydrogen-bond acceptors (Lipinski definition) is 3. The third-order valence-electron chi connectivity index (χ3n) is 4.37. The SMILES string of the molecule is N#CC1CN(c2ccc(F)c(Cl)c2)C(=O)N1c1cncc2ccccc12. The Balaban J connectivity index is 1.80. The fraction of sp³-hybridized carbons (Fsp3) is 0.105. The number of carbonyl (C=O) groups excluding carboxylic acids is 1. The maximum Gasteiger partial charge on any atom is 0.330 e. The summed E-state index contributed by atoms with van der Waals surface area (Å²) in [4.78, 5) is 20.1. The highest BCUT2D eigenvalue weighted by atomic mass is 35.5. The Morgan fingerprint density at radius 2 is 2.04 bits per heavy atom. The van der Waals surface area contributed by atoms with Gasteiger partial charge in [-0.15, -0.1) is 0 Å². The standard InChI is InChI=1S/C19H12ClFN4O/c20-16-7-13(5-6-17(16)21)24-11-14(8-22)25(19(24)26)18-10-23-9-12-3-1-2-4-15(12)18/h1-7,9-10,14H,11H2. The van der Waals surface area contributed by atoms with E-state index in [-0.39, 0.29) is 17.6 Å². The molecule has 4 rings (SSSR count). The highest BCUT2D eigenvalue weighted by molar-refractivity contribution is 6.31. The van der Waals surface area contributed by atoms with Gasteiger partial charge in [0, 0.05) is 22.7 Å². The van der Waals surface area contributed by atoms with Crippen LogP contribution in [0.4, 0.5) is 20.6 Å². The van der Waals surface area contributed by atoms with Crippen LogP contribution < -0.4 is 9.80 Å². The number of nitriles is 1. The van der Waals surface area contributed by atoms with Crippen molar-refractivity contribution >= 4 is 39.8 Å². The number of carbonyl (C=O) groups is 1. The van der Waals surface area contributed by atoms with E-state index < -0.39 is 11.9 Å². The molecular weight excluding hydrogens is 355 g/mol. The molecular formula is C19H12ClFN4O. The van der Waals surface area contributed by atoms with E-state index in [1.807, 2.05) is 24.3 Å². The fourth-order valence-corrected chi connectivity index (χ4v) is 3.30. The van der Waals surface area contributed by atoms with Gasteiger partial charge in [0.1, 0.15) is 11.9 Å². The number of aromatic nitrogens is 1. The number of nitrogens with zero attached hydrogens (tertiary/aromatic N) is 4. The van der Waals surface area contributed by atoms with Crippen LogP contribution in [0.15, 0.2) is 54.9 Å². The van der Waals surface area contributed by atoms with Crippen LogP contribution >= 0.6 is 11.6 Å². The lowest BCUT2D eigenvalue weighted by Crippen LogP contribution is -2.34. The van der Waals surface area contributed by atoms with Crippen molar-refractivity contribution in [1.29, 1.82) is 5.26 Å². The maximum absolute atomic E-state index is 13.4. The summed E-state index contributed by atoms with van der Waals surface area (Å²) < 4.78 is 13.4. The summed E-state index contributed by atoms with van der Waals surface area (Å²) in [6.07, 6.45) is 3.28. The predicted octanol–water partition coefficient (Wildman–Crippen LogP) is 4.37. The zero-order valence-electron chi connectivity index (χ0n) is 13.4. The van der Waals surface area contributed by atoms with Crippen molar-refractivity contribution in [2.75, 3.05) is 16.3 Å². The Morgan fingerprint density at radius 3 is 2.81 bits per heavy atom. The minimum Gasteiger partial charge on any atom is -0.291 e. The highest BCUT2D eigenvalue weighted by Gasteiger charge is 2.40. The van der Waals surface area contributed by atoms with Crippen molar-refractivity contribution in [2.45, 2.75) is 6.04 Å². The number of hydrogen-bond donors (Lipinski definition) is 0. The van der Waals surface area contributed by atoms with Gasteiger partial charge in [-0.05, 0) is 18.2 Å². The molecule has 0 spiro atoms. The molecule has 0 bridgehead atoms. The molecule has 5 nitrogen and oxygen atoms in total. The molecule has 1 fully saturated rings. The first-order chi connectivity index (χ1) is 12.6. The van der Waals surface area contributed by atoms with E-state index in [9.17, 15) is 14.4 Å². The number of amides is 2. The average molecular weight is 367 g/mol. The summed E-state index contributed by atoms with van der Waals surface area (Å²) in [5, 5.41) is 11.2. The monoisotopic (exact) mass is 366 g/mol. The Hall–Kier alpha value is -3.17. The smallest absolute Gasteiger partial charge is 0.291 e. The van der Waals surface area contributed by atoms with E-state index in [1.54, 1.807) is 12.4 Å². The molecule has 1 aliphatic rings. The number of halogens is 2. The zero-order valence-corrected chi connectivity index (χ0v) is 14.2. The van der Waals surface area contributed by atoms with Crippen molar-refractivity contribution in [3.8, 4) is 6.07 Å². The third kappa shape index (κ3) is 2.54. The van der Waals surface area contributed by atoms with Crippen LogP contribution in [0.3, 0.4) is 0 Å². The van der Waals surface area contributed by atoms with Crippen LogP contribution in [0.1, 0.15) is 0 Å². The first-order valence-corrected chi connectivity index (χ1v) is 8.26. The molecule has 3 aromatic rings. The third-order valence-corrected chi connectivity index (χ3v) is 4.66. The molecule has 26 heavy (non-hydrogen) atoms. The molecule has 7 heteroatoms. The molecule has 128 valence electrons. The van der Waals surface area contributed by atoms with E-state index in [2.05, 4.69) is 11.1 Å². The second kappa shape index (κ2) is 6.28. The Kier molecular flexibility index (Phi) is 3.94. The first kappa shape index (κ1) is 16.3. The van der Waals surface area contributed by atoms with Crippen molar-refractivity contribution in [1.82, 2.24) is 4.98 Å². The van der Waals surface area contributed by atoms with E-state index >= 15 is 0 Å². The lowest BCUT2D eigenvalue weighted by atomic mass is 10.1. The van der Waals surface area contributed by atoms with Crippen LogP contribution in [0, 0.1) is 17.1 Å². The van der Waals surface area contributed by atoms with Crippen molar-refractivity contribution in [3.05, 3.63) is 65.7 Å². The zero-order chi connectivity index (χ0) is 18.3. The Bertz CT molecular complexity index is 1060. The minimum atomic E-state index is -0.695. The molecule has 0 N–H and O–H groups in total. The van der Waals surface area contributed by atoms with Gasteiger partial charge in [0.2, 0.25) is 0 Å². The quantitative estimate of drug-likeness (QED) is 0.676. The molecule has 1 atom stereocenters. The number of benzene rings is 2. The molecule has 1 aliphatic heterocycles. The number of rotatable bonds is 2. The summed E-state index contributed by atoms with van der Waals surface area (Å²) in [6.45, 7) is 0.153. The first-order valence-electron chi connectivity index (χ1n) is 7.88. The number of anilines is 2. The van der Waals surface area contributed by atoms with Crippen LogP contribution in [-0.2, 0) is 0 Å². The molecule has 1 unspecified atom stereocenters. The Morgan fingerprint density at radius 1 is 1.23 bits per heavy atom. The van der Waals surface area contributed by atoms with Gasteiger partial charge in [0.15, 0.2) is 0 Å². The van der Waals surface area contributed by atoms with E-state index in [0.29, 0.717) is 11.4 Å². The van der Waals surface area contributed by atoms with Crippen molar-refractivity contribution in [3.63, 3.8) is 0 Å². The largest absolute Gasteiger partial charge is 0.330 e. The molecule has 1 aromatic heterocycles. The van der Waals surface area contributed by atoms with Gasteiger partial charge in [0.25, 0.3) is 0 Å². The summed E-state index contributed by atoms with van der Waals surface area (Å²) in [7, 11) is 0. The van der Waals surface area contributed by atoms with Gasteiger partial charge in [-0.3, -0.25) is 14.8 Å². The predicted molar refractivity (Wildman–Crippen MR) is 97.8 cm³/mol. The molecule has 2 aromatic carbocycles. The highest BCUT2D eigenvalue weighted by Crippen LogP contribution is 2.34. The van der Waals surface area contributed by atoms with Crippen LogP contribution in [-0.4, -0.2) is 23.6 Å². The molecule has 0 aliphatic carbocycles. The molecule has 2 amide bonds. The molecule has 0 radical (unpaired) electrons. The van der Waals surface area contributed by atoms with Crippen LogP contribution in [0.5, 0.6) is 0 Å². The van der Waals surface area contributed by atoms with Gasteiger partial charge in [-0.25, -0.2) is 9.18 Å². The molecule has 2 heterocycles. The number of pyridine rings is 1. The number of urea groups is 1. The second-order valence-corrected chi connectivity index (χ2v) is 6.29. The normalized spacial score (nSPS) is 17.0.